The zero-order valence-corrected chi connectivity index (χ0v) is 60.4. The number of hydrogen-bond acceptors (Lipinski definition) is 9. The molecule has 0 spiro atoms. The SMILES string of the molecule is CC[C@@H](C)C(=O)Nc1ccc2c(c1)OC(C)(CC(C)C)C(=O)N2c1cccc(Cl)c1.CC[C@@H](C)C(=O)Nc1ccc2c(c1)O[C@@](C)(CC(C)C)C(=O)N2c1cccc(Cl)c1.CC[C@@H](C)C(=O)Nc1ccc2c(c1)O[C@](C)(CC(C)C)C(=O)N2c1cccc(Cl)c1.Cl.Cl.Cl. The fraction of sp³-hybridized carbons (Fsp3) is 0.417. The van der Waals surface area contributed by atoms with E-state index in [1.165, 1.54) is 0 Å². The molecule has 0 radical (unpaired) electrons. The van der Waals surface area contributed by atoms with Gasteiger partial charge in [-0.1, -0.05) is 136 Å². The Balaban J connectivity index is 0.000000293. The van der Waals surface area contributed by atoms with E-state index in [1.54, 1.807) is 106 Å². The lowest BCUT2D eigenvalue weighted by atomic mass is 9.90. The summed E-state index contributed by atoms with van der Waals surface area (Å²) in [7, 11) is 0. The zero-order valence-electron chi connectivity index (χ0n) is 55.7. The number of hydrogen-bond donors (Lipinski definition) is 3. The largest absolute Gasteiger partial charge is 0.475 e. The number of ether oxygens (including phenoxy) is 3. The van der Waals surface area contributed by atoms with E-state index in [2.05, 4.69) is 57.5 Å². The molecular weight excluding hydrogens is 1310 g/mol. The first-order valence-corrected chi connectivity index (χ1v) is 32.3. The van der Waals surface area contributed by atoms with Gasteiger partial charge in [0.05, 0.1) is 34.1 Å². The lowest BCUT2D eigenvalue weighted by molar-refractivity contribution is -0.135. The van der Waals surface area contributed by atoms with E-state index in [4.69, 9.17) is 49.0 Å². The van der Waals surface area contributed by atoms with Gasteiger partial charge in [0.25, 0.3) is 17.7 Å². The summed E-state index contributed by atoms with van der Waals surface area (Å²) in [6.07, 6.45) is 3.97. The van der Waals surface area contributed by atoms with Crippen molar-refractivity contribution in [2.45, 2.75) is 159 Å². The van der Waals surface area contributed by atoms with E-state index >= 15 is 0 Å². The molecule has 93 heavy (non-hydrogen) atoms. The van der Waals surface area contributed by atoms with Crippen molar-refractivity contribution in [3.8, 4) is 17.2 Å². The summed E-state index contributed by atoms with van der Waals surface area (Å²) in [5.74, 6) is 1.65. The van der Waals surface area contributed by atoms with Crippen LogP contribution < -0.4 is 44.9 Å². The molecule has 9 rings (SSSR count). The number of fused-ring (bicyclic) bond motifs is 3. The van der Waals surface area contributed by atoms with Gasteiger partial charge < -0.3 is 30.2 Å². The summed E-state index contributed by atoms with van der Waals surface area (Å²) in [4.78, 5) is 82.6. The molecule has 3 heterocycles. The fourth-order valence-corrected chi connectivity index (χ4v) is 11.7. The lowest BCUT2D eigenvalue weighted by Crippen LogP contribution is -2.53. The molecule has 504 valence electrons. The van der Waals surface area contributed by atoms with Crippen LogP contribution >= 0.6 is 72.0 Å². The molecule has 6 aromatic rings. The number of halogens is 6. The van der Waals surface area contributed by atoms with Crippen molar-refractivity contribution in [1.82, 2.24) is 0 Å². The van der Waals surface area contributed by atoms with Crippen LogP contribution in [0.15, 0.2) is 127 Å². The maximum atomic E-state index is 13.5. The number of nitrogens with one attached hydrogen (secondary N) is 3. The fourth-order valence-electron chi connectivity index (χ4n) is 11.2. The van der Waals surface area contributed by atoms with Crippen molar-refractivity contribution in [3.63, 3.8) is 0 Å². The van der Waals surface area contributed by atoms with E-state index in [1.807, 2.05) is 98.7 Å². The van der Waals surface area contributed by atoms with Gasteiger partial charge in [0.1, 0.15) is 17.2 Å². The van der Waals surface area contributed by atoms with Crippen molar-refractivity contribution < 1.29 is 43.0 Å². The van der Waals surface area contributed by atoms with E-state index < -0.39 is 16.8 Å². The van der Waals surface area contributed by atoms with Crippen LogP contribution in [-0.4, -0.2) is 52.2 Å². The summed E-state index contributed by atoms with van der Waals surface area (Å²) in [5, 5.41) is 10.5. The van der Waals surface area contributed by atoms with Crippen LogP contribution in [0.5, 0.6) is 17.2 Å². The van der Waals surface area contributed by atoms with Gasteiger partial charge in [0.15, 0.2) is 16.8 Å². The van der Waals surface area contributed by atoms with Crippen LogP contribution in [0, 0.1) is 35.5 Å². The monoisotopic (exact) mass is 1390 g/mol. The van der Waals surface area contributed by atoms with E-state index in [-0.39, 0.29) is 108 Å². The summed E-state index contributed by atoms with van der Waals surface area (Å²) in [6.45, 7) is 29.4. The van der Waals surface area contributed by atoms with Crippen LogP contribution in [0.3, 0.4) is 0 Å². The summed E-state index contributed by atoms with van der Waals surface area (Å²) in [5.41, 5.74) is 2.80. The number of benzene rings is 6. The van der Waals surface area contributed by atoms with Crippen LogP contribution in [0.25, 0.3) is 0 Å². The number of carbonyl (C=O) groups is 6. The van der Waals surface area contributed by atoms with Gasteiger partial charge in [-0.3, -0.25) is 43.5 Å². The van der Waals surface area contributed by atoms with E-state index in [0.717, 1.165) is 19.3 Å². The quantitative estimate of drug-likeness (QED) is 0.0756. The second kappa shape index (κ2) is 33.6. The number of anilines is 9. The molecule has 0 saturated heterocycles. The average Bonchev–Trinajstić information content (AvgIpc) is 0.773. The Labute approximate surface area is 582 Å². The maximum Gasteiger partial charge on any atom is 0.275 e. The highest BCUT2D eigenvalue weighted by Gasteiger charge is 2.49. The molecule has 15 nitrogen and oxygen atoms in total. The zero-order chi connectivity index (χ0) is 66.2. The number of rotatable bonds is 18. The molecule has 3 aliphatic heterocycles. The highest BCUT2D eigenvalue weighted by atomic mass is 35.5. The first-order valence-electron chi connectivity index (χ1n) is 31.2. The molecule has 6 atom stereocenters. The standard InChI is InChI=1S/3C24H29ClN2O3.3ClH/c3*1-6-16(4)22(28)26-18-10-11-20-21(13-18)30-24(5,14-15(2)3)23(29)27(20)19-9-7-8-17(25)12-19;;;/h3*7-13,15-16H,6,14H2,1-5H3,(H,26,28);3*1H/t16-,24?;16-,24+;16-,24-;;;/m111.../s1. The lowest BCUT2D eigenvalue weighted by Gasteiger charge is -2.41. The molecule has 3 aliphatic rings. The van der Waals surface area contributed by atoms with Crippen molar-refractivity contribution in [3.05, 3.63) is 142 Å². The molecule has 6 amide bonds. The summed E-state index contributed by atoms with van der Waals surface area (Å²) in [6, 6.07) is 37.8. The molecule has 0 aromatic heterocycles. The summed E-state index contributed by atoms with van der Waals surface area (Å²) >= 11 is 18.6. The Morgan fingerprint density at radius 2 is 0.634 bits per heavy atom. The first kappa shape index (κ1) is 78.7. The van der Waals surface area contributed by atoms with Gasteiger partial charge in [-0.2, -0.15) is 0 Å². The highest BCUT2D eigenvalue weighted by Crippen LogP contribution is 2.49. The van der Waals surface area contributed by atoms with Crippen molar-refractivity contribution in [2.24, 2.45) is 35.5 Å². The third-order valence-corrected chi connectivity index (χ3v) is 16.9. The molecular formula is C72H90Cl6N6O9. The third kappa shape index (κ3) is 19.0. The highest BCUT2D eigenvalue weighted by molar-refractivity contribution is 6.32. The molecule has 3 N–H and O–H groups in total. The van der Waals surface area contributed by atoms with Crippen molar-refractivity contribution >= 4 is 159 Å². The van der Waals surface area contributed by atoms with E-state index in [0.29, 0.717) is 103 Å². The Hall–Kier alpha value is -6.72. The van der Waals surface area contributed by atoms with Gasteiger partial charge >= 0.3 is 0 Å². The minimum atomic E-state index is -1.02. The Kier molecular flexibility index (Phi) is 28.4. The molecule has 0 bridgehead atoms. The number of nitrogens with zero attached hydrogens (tertiary/aromatic N) is 3. The average molecular weight is 1400 g/mol. The molecule has 21 heteroatoms. The molecule has 6 aromatic carbocycles. The van der Waals surface area contributed by atoms with Gasteiger partial charge in [-0.25, -0.2) is 0 Å². The van der Waals surface area contributed by atoms with Gasteiger partial charge in [0.2, 0.25) is 17.7 Å². The Bertz CT molecular complexity index is 3260. The second-order valence-corrected chi connectivity index (χ2v) is 26.9. The van der Waals surface area contributed by atoms with Crippen molar-refractivity contribution in [1.29, 1.82) is 0 Å². The molecule has 1 unspecified atom stereocenters. The number of amides is 6. The Morgan fingerprint density at radius 3 is 0.839 bits per heavy atom. The minimum Gasteiger partial charge on any atom is -0.475 e. The Morgan fingerprint density at radius 1 is 0.398 bits per heavy atom. The number of carbonyl (C=O) groups excluding carboxylic acids is 6. The van der Waals surface area contributed by atoms with Crippen LogP contribution in [0.2, 0.25) is 15.1 Å². The normalized spacial score (nSPS) is 18.7. The predicted molar refractivity (Wildman–Crippen MR) is 387 cm³/mol. The third-order valence-electron chi connectivity index (χ3n) is 16.1. The van der Waals surface area contributed by atoms with Gasteiger partial charge in [-0.05, 0) is 168 Å². The smallest absolute Gasteiger partial charge is 0.275 e. The minimum absolute atomic E-state index is 0. The van der Waals surface area contributed by atoms with Gasteiger partial charge in [0, 0.05) is 68.1 Å². The molecule has 0 saturated carbocycles. The van der Waals surface area contributed by atoms with Crippen LogP contribution in [-0.2, 0) is 28.8 Å². The summed E-state index contributed by atoms with van der Waals surface area (Å²) < 4.78 is 18.8. The van der Waals surface area contributed by atoms with Crippen LogP contribution in [0.4, 0.5) is 51.2 Å². The van der Waals surface area contributed by atoms with E-state index in [9.17, 15) is 28.8 Å². The molecule has 0 fully saturated rings. The second-order valence-electron chi connectivity index (χ2n) is 25.6. The van der Waals surface area contributed by atoms with Crippen LogP contribution in [0.1, 0.15) is 142 Å². The maximum absolute atomic E-state index is 13.5. The van der Waals surface area contributed by atoms with Gasteiger partial charge in [-0.15, -0.1) is 37.2 Å². The first-order chi connectivity index (χ1) is 42.4. The van der Waals surface area contributed by atoms with Crippen molar-refractivity contribution in [2.75, 3.05) is 30.7 Å². The predicted octanol–water partition coefficient (Wildman–Crippen LogP) is 19.8. The molecule has 0 aliphatic carbocycles. The topological polar surface area (TPSA) is 176 Å².